The first kappa shape index (κ1) is 13.3. The number of nitriles is 1. The highest BCUT2D eigenvalue weighted by molar-refractivity contribution is 6.33. The summed E-state index contributed by atoms with van der Waals surface area (Å²) in [6, 6.07) is 11.0. The number of nitrogen functional groups attached to an aromatic ring is 1. The maximum absolute atomic E-state index is 9.12. The zero-order chi connectivity index (χ0) is 14.0. The van der Waals surface area contributed by atoms with E-state index in [4.69, 9.17) is 27.3 Å². The minimum atomic E-state index is 0.352. The lowest BCUT2D eigenvalue weighted by Crippen LogP contribution is -1.95. The van der Waals surface area contributed by atoms with Crippen molar-refractivity contribution in [3.8, 4) is 17.6 Å². The van der Waals surface area contributed by atoms with Gasteiger partial charge in [-0.15, -0.1) is 0 Å². The Labute approximate surface area is 117 Å². The first-order valence-electron chi connectivity index (χ1n) is 5.76. The molecule has 3 nitrogen and oxygen atoms in total. The van der Waals surface area contributed by atoms with Gasteiger partial charge in [-0.1, -0.05) is 29.8 Å². The number of aryl methyl sites for hydroxylation is 2. The van der Waals surface area contributed by atoms with Crippen molar-refractivity contribution in [1.82, 2.24) is 0 Å². The second-order valence-corrected chi connectivity index (χ2v) is 4.71. The van der Waals surface area contributed by atoms with Crippen molar-refractivity contribution < 1.29 is 4.74 Å². The third-order valence-corrected chi connectivity index (χ3v) is 3.17. The van der Waals surface area contributed by atoms with Crippen LogP contribution in [0.2, 0.25) is 5.02 Å². The van der Waals surface area contributed by atoms with Gasteiger partial charge in [-0.25, -0.2) is 0 Å². The monoisotopic (exact) mass is 272 g/mol. The highest BCUT2D eigenvalue weighted by Gasteiger charge is 2.11. The Morgan fingerprint density at radius 3 is 2.42 bits per heavy atom. The average molecular weight is 273 g/mol. The van der Waals surface area contributed by atoms with E-state index in [2.05, 4.69) is 6.07 Å². The van der Waals surface area contributed by atoms with Crippen LogP contribution in [0.5, 0.6) is 11.5 Å². The third-order valence-electron chi connectivity index (χ3n) is 2.84. The predicted octanol–water partition coefficient (Wildman–Crippen LogP) is 4.20. The van der Waals surface area contributed by atoms with Crippen LogP contribution in [0.25, 0.3) is 0 Å². The SMILES string of the molecule is Cc1cccc(C)c1Oc1cc(N)c(Cl)cc1C#N. The lowest BCUT2D eigenvalue weighted by molar-refractivity contribution is 0.474. The van der Waals surface area contributed by atoms with Crippen LogP contribution in [0, 0.1) is 25.2 Å². The van der Waals surface area contributed by atoms with Crippen LogP contribution >= 0.6 is 11.6 Å². The number of hydrogen-bond donors (Lipinski definition) is 1. The molecule has 96 valence electrons. The van der Waals surface area contributed by atoms with E-state index in [1.807, 2.05) is 32.0 Å². The third kappa shape index (κ3) is 2.64. The summed E-state index contributed by atoms with van der Waals surface area (Å²) in [6.07, 6.45) is 0. The van der Waals surface area contributed by atoms with Gasteiger partial charge in [0.25, 0.3) is 0 Å². The van der Waals surface area contributed by atoms with E-state index in [0.717, 1.165) is 16.9 Å². The van der Waals surface area contributed by atoms with Crippen LogP contribution in [0.3, 0.4) is 0 Å². The second-order valence-electron chi connectivity index (χ2n) is 4.30. The van der Waals surface area contributed by atoms with Crippen LogP contribution < -0.4 is 10.5 Å². The van der Waals surface area contributed by atoms with E-state index in [-0.39, 0.29) is 0 Å². The van der Waals surface area contributed by atoms with Crippen molar-refractivity contribution in [3.63, 3.8) is 0 Å². The molecule has 0 aromatic heterocycles. The number of anilines is 1. The van der Waals surface area contributed by atoms with Gasteiger partial charge in [-0.2, -0.15) is 5.26 Å². The fourth-order valence-corrected chi connectivity index (χ4v) is 1.97. The molecule has 2 aromatic rings. The molecule has 0 unspecified atom stereocenters. The number of halogens is 1. The summed E-state index contributed by atoms with van der Waals surface area (Å²) < 4.78 is 5.84. The Kier molecular flexibility index (Phi) is 3.64. The van der Waals surface area contributed by atoms with Crippen LogP contribution in [0.15, 0.2) is 30.3 Å². The molecule has 2 rings (SSSR count). The Morgan fingerprint density at radius 2 is 1.84 bits per heavy atom. The summed E-state index contributed by atoms with van der Waals surface area (Å²) >= 11 is 5.90. The molecular formula is C15H13ClN2O. The molecular weight excluding hydrogens is 260 g/mol. The molecule has 2 aromatic carbocycles. The predicted molar refractivity (Wildman–Crippen MR) is 76.6 cm³/mol. The number of ether oxygens (including phenoxy) is 1. The van der Waals surface area contributed by atoms with Gasteiger partial charge >= 0.3 is 0 Å². The summed E-state index contributed by atoms with van der Waals surface area (Å²) in [6.45, 7) is 3.90. The van der Waals surface area contributed by atoms with Crippen LogP contribution in [-0.4, -0.2) is 0 Å². The molecule has 0 saturated heterocycles. The standard InChI is InChI=1S/C15H13ClN2O/c1-9-4-3-5-10(2)15(9)19-14-7-13(18)12(16)6-11(14)8-17/h3-7H,18H2,1-2H3. The molecule has 0 spiro atoms. The first-order chi connectivity index (χ1) is 9.02. The Hall–Kier alpha value is -2.18. The molecule has 0 radical (unpaired) electrons. The largest absolute Gasteiger partial charge is 0.455 e. The van der Waals surface area contributed by atoms with Gasteiger partial charge in [0.2, 0.25) is 0 Å². The van der Waals surface area contributed by atoms with Crippen molar-refractivity contribution in [2.75, 3.05) is 5.73 Å². The zero-order valence-electron chi connectivity index (χ0n) is 10.7. The van der Waals surface area contributed by atoms with E-state index >= 15 is 0 Å². The van der Waals surface area contributed by atoms with Crippen molar-refractivity contribution >= 4 is 17.3 Å². The molecule has 0 aliphatic heterocycles. The number of benzene rings is 2. The maximum atomic E-state index is 9.12. The van der Waals surface area contributed by atoms with E-state index in [0.29, 0.717) is 22.0 Å². The number of hydrogen-bond acceptors (Lipinski definition) is 3. The quantitative estimate of drug-likeness (QED) is 0.834. The smallest absolute Gasteiger partial charge is 0.147 e. The van der Waals surface area contributed by atoms with Crippen molar-refractivity contribution in [2.24, 2.45) is 0 Å². The number of nitrogens with zero attached hydrogens (tertiary/aromatic N) is 1. The number of nitrogens with two attached hydrogens (primary N) is 1. The van der Waals surface area contributed by atoms with Crippen LogP contribution in [0.1, 0.15) is 16.7 Å². The molecule has 19 heavy (non-hydrogen) atoms. The van der Waals surface area contributed by atoms with E-state index in [1.165, 1.54) is 6.07 Å². The topological polar surface area (TPSA) is 59.0 Å². The Balaban J connectivity index is 2.50. The number of rotatable bonds is 2. The maximum Gasteiger partial charge on any atom is 0.147 e. The molecule has 4 heteroatoms. The van der Waals surface area contributed by atoms with Gasteiger partial charge in [0.15, 0.2) is 0 Å². The Morgan fingerprint density at radius 1 is 1.21 bits per heavy atom. The summed E-state index contributed by atoms with van der Waals surface area (Å²) in [5.41, 5.74) is 8.50. The fourth-order valence-electron chi connectivity index (χ4n) is 1.81. The summed E-state index contributed by atoms with van der Waals surface area (Å²) in [4.78, 5) is 0. The fraction of sp³-hybridized carbons (Fsp3) is 0.133. The molecule has 0 bridgehead atoms. The Bertz CT molecular complexity index is 654. The van der Waals surface area contributed by atoms with Crippen LogP contribution in [-0.2, 0) is 0 Å². The molecule has 0 fully saturated rings. The van der Waals surface area contributed by atoms with Crippen LogP contribution in [0.4, 0.5) is 5.69 Å². The van der Waals surface area contributed by atoms with Crippen molar-refractivity contribution in [1.29, 1.82) is 5.26 Å². The highest BCUT2D eigenvalue weighted by Crippen LogP contribution is 2.34. The van der Waals surface area contributed by atoms with Gasteiger partial charge in [0.05, 0.1) is 16.3 Å². The highest BCUT2D eigenvalue weighted by atomic mass is 35.5. The zero-order valence-corrected chi connectivity index (χ0v) is 11.5. The molecule has 0 atom stereocenters. The molecule has 2 N–H and O–H groups in total. The summed E-state index contributed by atoms with van der Waals surface area (Å²) in [7, 11) is 0. The van der Waals surface area contributed by atoms with E-state index in [9.17, 15) is 0 Å². The normalized spacial score (nSPS) is 10.0. The van der Waals surface area contributed by atoms with Gasteiger partial charge in [0, 0.05) is 6.07 Å². The van der Waals surface area contributed by atoms with Crippen molar-refractivity contribution in [3.05, 3.63) is 52.0 Å². The molecule has 0 aliphatic carbocycles. The minimum absolute atomic E-state index is 0.352. The van der Waals surface area contributed by atoms with E-state index < -0.39 is 0 Å². The average Bonchev–Trinajstić information content (AvgIpc) is 2.37. The van der Waals surface area contributed by atoms with Crippen molar-refractivity contribution in [2.45, 2.75) is 13.8 Å². The lowest BCUT2D eigenvalue weighted by atomic mass is 10.1. The first-order valence-corrected chi connectivity index (χ1v) is 6.14. The minimum Gasteiger partial charge on any atom is -0.455 e. The van der Waals surface area contributed by atoms with Gasteiger partial charge in [0.1, 0.15) is 17.6 Å². The van der Waals surface area contributed by atoms with Gasteiger partial charge in [-0.05, 0) is 31.0 Å². The summed E-state index contributed by atoms with van der Waals surface area (Å²) in [5, 5.41) is 9.47. The molecule has 0 saturated carbocycles. The van der Waals surface area contributed by atoms with E-state index in [1.54, 1.807) is 6.07 Å². The lowest BCUT2D eigenvalue weighted by Gasteiger charge is -2.13. The molecule has 0 amide bonds. The number of para-hydroxylation sites is 1. The summed E-state index contributed by atoms with van der Waals surface area (Å²) in [5.74, 6) is 1.16. The molecule has 0 aliphatic rings. The van der Waals surface area contributed by atoms with Gasteiger partial charge in [-0.3, -0.25) is 0 Å². The second kappa shape index (κ2) is 5.21. The molecule has 0 heterocycles. The van der Waals surface area contributed by atoms with Gasteiger partial charge < -0.3 is 10.5 Å².